The molecule has 0 spiro atoms. The standard InChI is InChI=1S/C13H19BrN2O3/c1-2-3-8-19-9-4-7-15-12-10-11(14)5-6-13(12)16(17)18/h5-6,10,15H,2-4,7-9H2,1H3. The molecule has 0 bridgehead atoms. The number of nitro benzene ring substituents is 1. The van der Waals surface area contributed by atoms with E-state index in [4.69, 9.17) is 4.74 Å². The monoisotopic (exact) mass is 330 g/mol. The van der Waals surface area contributed by atoms with Gasteiger partial charge in [-0.05, 0) is 25.0 Å². The van der Waals surface area contributed by atoms with Crippen molar-refractivity contribution in [1.29, 1.82) is 0 Å². The van der Waals surface area contributed by atoms with Crippen molar-refractivity contribution < 1.29 is 9.66 Å². The van der Waals surface area contributed by atoms with Crippen molar-refractivity contribution in [3.63, 3.8) is 0 Å². The van der Waals surface area contributed by atoms with Crippen LogP contribution in [0.3, 0.4) is 0 Å². The summed E-state index contributed by atoms with van der Waals surface area (Å²) in [6.07, 6.45) is 3.03. The van der Waals surface area contributed by atoms with Gasteiger partial charge in [-0.2, -0.15) is 0 Å². The lowest BCUT2D eigenvalue weighted by atomic mass is 10.2. The van der Waals surface area contributed by atoms with E-state index in [1.165, 1.54) is 6.07 Å². The summed E-state index contributed by atoms with van der Waals surface area (Å²) < 4.78 is 6.25. The topological polar surface area (TPSA) is 64.4 Å². The van der Waals surface area contributed by atoms with Crippen LogP contribution in [0.1, 0.15) is 26.2 Å². The average molecular weight is 331 g/mol. The molecule has 0 unspecified atom stereocenters. The van der Waals surface area contributed by atoms with Gasteiger partial charge in [-0.15, -0.1) is 0 Å². The van der Waals surface area contributed by atoms with E-state index in [0.717, 1.165) is 30.3 Å². The fourth-order valence-corrected chi connectivity index (χ4v) is 1.92. The molecule has 0 amide bonds. The number of halogens is 1. The minimum atomic E-state index is -0.382. The summed E-state index contributed by atoms with van der Waals surface area (Å²) in [5, 5.41) is 13.9. The van der Waals surface area contributed by atoms with Crippen LogP contribution in [0.4, 0.5) is 11.4 Å². The SMILES string of the molecule is CCCCOCCCNc1cc(Br)ccc1[N+](=O)[O-]. The van der Waals surface area contributed by atoms with Crippen molar-refractivity contribution in [2.45, 2.75) is 26.2 Å². The van der Waals surface area contributed by atoms with Crippen LogP contribution in [-0.4, -0.2) is 24.7 Å². The van der Waals surface area contributed by atoms with Crippen LogP contribution in [0.15, 0.2) is 22.7 Å². The minimum absolute atomic E-state index is 0.0927. The number of hydrogen-bond acceptors (Lipinski definition) is 4. The highest BCUT2D eigenvalue weighted by Gasteiger charge is 2.12. The number of unbranched alkanes of at least 4 members (excludes halogenated alkanes) is 1. The molecule has 19 heavy (non-hydrogen) atoms. The number of hydrogen-bond donors (Lipinski definition) is 1. The second kappa shape index (κ2) is 8.87. The molecular weight excluding hydrogens is 312 g/mol. The molecule has 0 saturated heterocycles. The maximum absolute atomic E-state index is 10.9. The fourth-order valence-electron chi connectivity index (χ4n) is 1.55. The highest BCUT2D eigenvalue weighted by molar-refractivity contribution is 9.10. The van der Waals surface area contributed by atoms with E-state index >= 15 is 0 Å². The minimum Gasteiger partial charge on any atom is -0.381 e. The third-order valence-electron chi connectivity index (χ3n) is 2.58. The Balaban J connectivity index is 2.36. The summed E-state index contributed by atoms with van der Waals surface area (Å²) in [5.74, 6) is 0. The van der Waals surface area contributed by atoms with Crippen LogP contribution < -0.4 is 5.32 Å². The molecule has 6 heteroatoms. The molecule has 0 aliphatic carbocycles. The smallest absolute Gasteiger partial charge is 0.292 e. The molecule has 0 saturated carbocycles. The number of anilines is 1. The van der Waals surface area contributed by atoms with Crippen molar-refractivity contribution in [1.82, 2.24) is 0 Å². The third kappa shape index (κ3) is 6.02. The molecule has 0 aliphatic heterocycles. The van der Waals surface area contributed by atoms with Crippen molar-refractivity contribution in [3.05, 3.63) is 32.8 Å². The highest BCUT2D eigenvalue weighted by atomic mass is 79.9. The van der Waals surface area contributed by atoms with Gasteiger partial charge >= 0.3 is 0 Å². The molecule has 0 heterocycles. The van der Waals surface area contributed by atoms with Gasteiger partial charge in [0.25, 0.3) is 5.69 Å². The van der Waals surface area contributed by atoms with Crippen LogP contribution in [0.5, 0.6) is 0 Å². The molecule has 5 nitrogen and oxygen atoms in total. The van der Waals surface area contributed by atoms with Gasteiger partial charge in [-0.1, -0.05) is 29.3 Å². The Morgan fingerprint density at radius 2 is 2.11 bits per heavy atom. The molecule has 0 aliphatic rings. The summed E-state index contributed by atoms with van der Waals surface area (Å²) in [6, 6.07) is 4.87. The average Bonchev–Trinajstić information content (AvgIpc) is 2.37. The summed E-state index contributed by atoms with van der Waals surface area (Å²) in [4.78, 5) is 10.5. The molecule has 0 aromatic heterocycles. The number of benzene rings is 1. The highest BCUT2D eigenvalue weighted by Crippen LogP contribution is 2.27. The number of nitro groups is 1. The zero-order valence-electron chi connectivity index (χ0n) is 11.0. The number of nitrogens with zero attached hydrogens (tertiary/aromatic N) is 1. The Morgan fingerprint density at radius 1 is 1.37 bits per heavy atom. The lowest BCUT2D eigenvalue weighted by Gasteiger charge is -2.08. The third-order valence-corrected chi connectivity index (χ3v) is 3.07. The Kier molecular flexibility index (Phi) is 7.43. The van der Waals surface area contributed by atoms with E-state index in [0.29, 0.717) is 18.8 Å². The van der Waals surface area contributed by atoms with E-state index < -0.39 is 0 Å². The van der Waals surface area contributed by atoms with Gasteiger partial charge in [0.15, 0.2) is 0 Å². The van der Waals surface area contributed by atoms with E-state index in [2.05, 4.69) is 28.2 Å². The molecule has 1 aromatic carbocycles. The Hall–Kier alpha value is -1.14. The van der Waals surface area contributed by atoms with Gasteiger partial charge in [0.05, 0.1) is 4.92 Å². The van der Waals surface area contributed by atoms with E-state index in [1.54, 1.807) is 12.1 Å². The summed E-state index contributed by atoms with van der Waals surface area (Å²) in [7, 11) is 0. The first-order chi connectivity index (χ1) is 9.15. The normalized spacial score (nSPS) is 10.4. The maximum Gasteiger partial charge on any atom is 0.292 e. The lowest BCUT2D eigenvalue weighted by molar-refractivity contribution is -0.384. The first kappa shape index (κ1) is 15.9. The molecule has 0 radical (unpaired) electrons. The maximum atomic E-state index is 10.9. The zero-order valence-corrected chi connectivity index (χ0v) is 12.6. The molecular formula is C13H19BrN2O3. The second-order valence-electron chi connectivity index (χ2n) is 4.16. The largest absolute Gasteiger partial charge is 0.381 e. The molecule has 0 fully saturated rings. The first-order valence-electron chi connectivity index (χ1n) is 6.40. The summed E-state index contributed by atoms with van der Waals surface area (Å²) >= 11 is 3.31. The van der Waals surface area contributed by atoms with Gasteiger partial charge < -0.3 is 10.1 Å². The predicted octanol–water partition coefficient (Wildman–Crippen LogP) is 3.98. The van der Waals surface area contributed by atoms with Crippen molar-refractivity contribution >= 4 is 27.3 Å². The van der Waals surface area contributed by atoms with Crippen LogP contribution >= 0.6 is 15.9 Å². The van der Waals surface area contributed by atoms with Crippen LogP contribution in [0.25, 0.3) is 0 Å². The molecule has 1 N–H and O–H groups in total. The van der Waals surface area contributed by atoms with Gasteiger partial charge in [0.2, 0.25) is 0 Å². The van der Waals surface area contributed by atoms with Gasteiger partial charge in [-0.25, -0.2) is 0 Å². The Bertz CT molecular complexity index is 413. The van der Waals surface area contributed by atoms with Crippen molar-refractivity contribution in [3.8, 4) is 0 Å². The van der Waals surface area contributed by atoms with Gasteiger partial charge in [0, 0.05) is 30.3 Å². The Labute approximate surface area is 121 Å². The van der Waals surface area contributed by atoms with Crippen LogP contribution in [-0.2, 0) is 4.74 Å². The van der Waals surface area contributed by atoms with Crippen molar-refractivity contribution in [2.24, 2.45) is 0 Å². The molecule has 1 rings (SSSR count). The first-order valence-corrected chi connectivity index (χ1v) is 7.20. The quantitative estimate of drug-likeness (QED) is 0.422. The number of ether oxygens (including phenoxy) is 1. The lowest BCUT2D eigenvalue weighted by Crippen LogP contribution is -2.07. The van der Waals surface area contributed by atoms with Gasteiger partial charge in [-0.3, -0.25) is 10.1 Å². The van der Waals surface area contributed by atoms with Crippen LogP contribution in [0, 0.1) is 10.1 Å². The predicted molar refractivity (Wildman–Crippen MR) is 79.6 cm³/mol. The molecule has 0 atom stereocenters. The van der Waals surface area contributed by atoms with E-state index in [-0.39, 0.29) is 10.6 Å². The summed E-state index contributed by atoms with van der Waals surface area (Å²) in [6.45, 7) is 4.24. The van der Waals surface area contributed by atoms with E-state index in [1.807, 2.05) is 0 Å². The second-order valence-corrected chi connectivity index (χ2v) is 5.08. The molecule has 1 aromatic rings. The number of rotatable bonds is 9. The fraction of sp³-hybridized carbons (Fsp3) is 0.538. The van der Waals surface area contributed by atoms with Gasteiger partial charge in [0.1, 0.15) is 5.69 Å². The number of nitrogens with one attached hydrogen (secondary N) is 1. The zero-order chi connectivity index (χ0) is 14.1. The van der Waals surface area contributed by atoms with Crippen LogP contribution in [0.2, 0.25) is 0 Å². The van der Waals surface area contributed by atoms with Crippen molar-refractivity contribution in [2.75, 3.05) is 25.1 Å². The van der Waals surface area contributed by atoms with E-state index in [9.17, 15) is 10.1 Å². The molecule has 106 valence electrons. The Morgan fingerprint density at radius 3 is 2.79 bits per heavy atom. The summed E-state index contributed by atoms with van der Waals surface area (Å²) in [5.41, 5.74) is 0.628.